The number of piperidine rings is 1. The fourth-order valence-electron chi connectivity index (χ4n) is 6.92. The quantitative estimate of drug-likeness (QED) is 0.499. The van der Waals surface area contributed by atoms with Crippen LogP contribution in [0.2, 0.25) is 5.02 Å². The van der Waals surface area contributed by atoms with Crippen LogP contribution in [0.15, 0.2) is 47.7 Å². The summed E-state index contributed by atoms with van der Waals surface area (Å²) in [6, 6.07) is 8.42. The first kappa shape index (κ1) is 17.9. The Hall–Kier alpha value is -1.21. The third kappa shape index (κ3) is 2.80. The third-order valence-electron chi connectivity index (χ3n) is 8.33. The van der Waals surface area contributed by atoms with Crippen molar-refractivity contribution in [2.45, 2.75) is 65.3 Å². The van der Waals surface area contributed by atoms with Crippen LogP contribution in [0, 0.1) is 22.7 Å². The van der Waals surface area contributed by atoms with Crippen molar-refractivity contribution >= 4 is 11.6 Å². The predicted octanol–water partition coefficient (Wildman–Crippen LogP) is 6.98. The van der Waals surface area contributed by atoms with Crippen LogP contribution >= 0.6 is 11.6 Å². The third-order valence-corrected chi connectivity index (χ3v) is 8.58. The SMILES string of the molecule is C[C@]12CCCN(Cc3ccc(Cl)cc3)C1=CC[C@@H]1C2=CC[C@]2(C)CCC[C@@H]12. The zero-order chi connectivity index (χ0) is 18.6. The second kappa shape index (κ2) is 6.41. The lowest BCUT2D eigenvalue weighted by molar-refractivity contribution is 0.107. The molecular weight excluding hydrogens is 350 g/mol. The van der Waals surface area contributed by atoms with Gasteiger partial charge in [-0.2, -0.15) is 0 Å². The number of likely N-dealkylation sites (tertiary alicyclic amines) is 1. The number of hydrogen-bond donors (Lipinski definition) is 0. The number of hydrogen-bond acceptors (Lipinski definition) is 1. The van der Waals surface area contributed by atoms with Crippen molar-refractivity contribution < 1.29 is 0 Å². The summed E-state index contributed by atoms with van der Waals surface area (Å²) in [7, 11) is 0. The van der Waals surface area contributed by atoms with Gasteiger partial charge in [-0.1, -0.05) is 61.7 Å². The highest BCUT2D eigenvalue weighted by atomic mass is 35.5. The zero-order valence-corrected chi connectivity index (χ0v) is 17.6. The highest BCUT2D eigenvalue weighted by Gasteiger charge is 2.52. The minimum atomic E-state index is 0.261. The summed E-state index contributed by atoms with van der Waals surface area (Å²) in [5, 5.41) is 0.828. The number of allylic oxidation sites excluding steroid dienone is 3. The molecule has 0 radical (unpaired) electrons. The van der Waals surface area contributed by atoms with Crippen molar-refractivity contribution in [3.8, 4) is 0 Å². The maximum atomic E-state index is 6.09. The van der Waals surface area contributed by atoms with Crippen molar-refractivity contribution in [3.05, 3.63) is 58.3 Å². The van der Waals surface area contributed by atoms with Crippen molar-refractivity contribution in [1.29, 1.82) is 0 Å². The van der Waals surface area contributed by atoms with Gasteiger partial charge in [-0.15, -0.1) is 0 Å². The van der Waals surface area contributed by atoms with E-state index in [1.165, 1.54) is 57.1 Å². The van der Waals surface area contributed by atoms with Crippen molar-refractivity contribution in [1.82, 2.24) is 4.90 Å². The van der Waals surface area contributed by atoms with Gasteiger partial charge in [0.2, 0.25) is 0 Å². The Morgan fingerprint density at radius 2 is 1.89 bits per heavy atom. The minimum absolute atomic E-state index is 0.261. The molecule has 4 aliphatic rings. The van der Waals surface area contributed by atoms with Crippen LogP contribution in [0.25, 0.3) is 0 Å². The van der Waals surface area contributed by atoms with Gasteiger partial charge in [0.1, 0.15) is 0 Å². The first-order chi connectivity index (χ1) is 13.0. The molecule has 3 aliphatic carbocycles. The molecule has 27 heavy (non-hydrogen) atoms. The van der Waals surface area contributed by atoms with Crippen molar-refractivity contribution in [2.75, 3.05) is 6.54 Å². The molecule has 1 aromatic rings. The number of halogens is 1. The van der Waals surface area contributed by atoms with Crippen LogP contribution in [0.1, 0.15) is 64.4 Å². The Morgan fingerprint density at radius 3 is 2.70 bits per heavy atom. The van der Waals surface area contributed by atoms with Crippen LogP contribution in [-0.4, -0.2) is 11.4 Å². The van der Waals surface area contributed by atoms with E-state index in [2.05, 4.69) is 43.0 Å². The molecule has 144 valence electrons. The molecule has 0 aromatic heterocycles. The molecule has 1 heterocycles. The van der Waals surface area contributed by atoms with E-state index < -0.39 is 0 Å². The van der Waals surface area contributed by atoms with Gasteiger partial charge in [0.25, 0.3) is 0 Å². The molecule has 0 bridgehead atoms. The van der Waals surface area contributed by atoms with Gasteiger partial charge in [0.05, 0.1) is 0 Å². The molecule has 0 spiro atoms. The Labute approximate surface area is 169 Å². The average molecular weight is 382 g/mol. The highest BCUT2D eigenvalue weighted by molar-refractivity contribution is 6.30. The summed E-state index contributed by atoms with van der Waals surface area (Å²) in [6.07, 6.45) is 14.8. The maximum Gasteiger partial charge on any atom is 0.0426 e. The summed E-state index contributed by atoms with van der Waals surface area (Å²) < 4.78 is 0. The fraction of sp³-hybridized carbons (Fsp3) is 0.600. The van der Waals surface area contributed by atoms with Crippen LogP contribution in [0.4, 0.5) is 0 Å². The molecule has 1 saturated carbocycles. The standard InChI is InChI=1S/C25H32ClN/c1-24-13-3-5-21(24)20-10-11-23-25(2,22(20)12-15-24)14-4-16-27(23)17-18-6-8-19(26)9-7-18/h6-9,11-12,20-21H,3-5,10,13-17H2,1-2H3/t20-,21-,24-,25+/m0/s1. The largest absolute Gasteiger partial charge is 0.370 e. The van der Waals surface area contributed by atoms with Gasteiger partial charge in [-0.25, -0.2) is 0 Å². The Balaban J connectivity index is 1.46. The summed E-state index contributed by atoms with van der Waals surface area (Å²) in [4.78, 5) is 2.66. The summed E-state index contributed by atoms with van der Waals surface area (Å²) in [5.74, 6) is 1.72. The van der Waals surface area contributed by atoms with E-state index in [1.54, 1.807) is 11.3 Å². The van der Waals surface area contributed by atoms with E-state index in [0.29, 0.717) is 5.41 Å². The van der Waals surface area contributed by atoms with Gasteiger partial charge in [-0.05, 0) is 73.5 Å². The summed E-state index contributed by atoms with van der Waals surface area (Å²) in [5.41, 5.74) is 5.61. The molecule has 0 amide bonds. The van der Waals surface area contributed by atoms with Crippen LogP contribution in [0.5, 0.6) is 0 Å². The average Bonchev–Trinajstić information content (AvgIpc) is 3.05. The molecule has 5 rings (SSSR count). The Bertz CT molecular complexity index is 791. The van der Waals surface area contributed by atoms with Crippen LogP contribution < -0.4 is 0 Å². The van der Waals surface area contributed by atoms with E-state index >= 15 is 0 Å². The first-order valence-corrected chi connectivity index (χ1v) is 11.3. The van der Waals surface area contributed by atoms with E-state index in [-0.39, 0.29) is 5.41 Å². The Morgan fingerprint density at radius 1 is 1.07 bits per heavy atom. The molecular formula is C25H32ClN. The molecule has 2 heteroatoms. The molecule has 0 unspecified atom stereocenters. The van der Waals surface area contributed by atoms with Gasteiger partial charge < -0.3 is 4.90 Å². The van der Waals surface area contributed by atoms with Gasteiger partial charge in [0.15, 0.2) is 0 Å². The monoisotopic (exact) mass is 381 g/mol. The topological polar surface area (TPSA) is 3.24 Å². The number of fused-ring (bicyclic) bond motifs is 5. The normalized spacial score (nSPS) is 37.8. The van der Waals surface area contributed by atoms with E-state index in [0.717, 1.165) is 23.4 Å². The molecule has 1 aromatic carbocycles. The minimum Gasteiger partial charge on any atom is -0.370 e. The van der Waals surface area contributed by atoms with E-state index in [1.807, 2.05) is 12.1 Å². The Kier molecular flexibility index (Phi) is 4.24. The van der Waals surface area contributed by atoms with Crippen molar-refractivity contribution in [2.24, 2.45) is 22.7 Å². The maximum absolute atomic E-state index is 6.09. The lowest BCUT2D eigenvalue weighted by Gasteiger charge is -2.54. The molecule has 1 aliphatic heterocycles. The molecule has 1 nitrogen and oxygen atoms in total. The van der Waals surface area contributed by atoms with Gasteiger partial charge in [0, 0.05) is 29.2 Å². The number of nitrogens with zero attached hydrogens (tertiary/aromatic N) is 1. The van der Waals surface area contributed by atoms with E-state index in [9.17, 15) is 0 Å². The predicted molar refractivity (Wildman–Crippen MR) is 114 cm³/mol. The molecule has 1 saturated heterocycles. The molecule has 2 fully saturated rings. The second-order valence-electron chi connectivity index (χ2n) is 9.93. The zero-order valence-electron chi connectivity index (χ0n) is 16.8. The molecule has 0 N–H and O–H groups in total. The van der Waals surface area contributed by atoms with Crippen LogP contribution in [-0.2, 0) is 6.54 Å². The van der Waals surface area contributed by atoms with E-state index in [4.69, 9.17) is 11.6 Å². The number of rotatable bonds is 2. The summed E-state index contributed by atoms with van der Waals surface area (Å²) in [6.45, 7) is 7.30. The highest BCUT2D eigenvalue weighted by Crippen LogP contribution is 2.62. The van der Waals surface area contributed by atoms with Gasteiger partial charge >= 0.3 is 0 Å². The smallest absolute Gasteiger partial charge is 0.0426 e. The fourth-order valence-corrected chi connectivity index (χ4v) is 7.04. The van der Waals surface area contributed by atoms with Crippen LogP contribution in [0.3, 0.4) is 0 Å². The number of benzene rings is 1. The summed E-state index contributed by atoms with van der Waals surface area (Å²) >= 11 is 6.09. The lowest BCUT2D eigenvalue weighted by atomic mass is 9.55. The second-order valence-corrected chi connectivity index (χ2v) is 10.4. The lowest BCUT2D eigenvalue weighted by Crippen LogP contribution is -2.47. The first-order valence-electron chi connectivity index (χ1n) is 10.9. The van der Waals surface area contributed by atoms with Gasteiger partial charge in [-0.3, -0.25) is 0 Å². The van der Waals surface area contributed by atoms with Crippen molar-refractivity contribution in [3.63, 3.8) is 0 Å². The molecule has 4 atom stereocenters.